The minimum atomic E-state index is 0.263. The molecule has 1 unspecified atom stereocenters. The van der Waals surface area contributed by atoms with Crippen molar-refractivity contribution in [3.05, 3.63) is 52.3 Å². The zero-order valence-electron chi connectivity index (χ0n) is 11.8. The van der Waals surface area contributed by atoms with E-state index in [9.17, 15) is 0 Å². The predicted octanol–water partition coefficient (Wildman–Crippen LogP) is 3.79. The van der Waals surface area contributed by atoms with Crippen molar-refractivity contribution in [3.63, 3.8) is 0 Å². The Bertz CT molecular complexity index is 545. The molecule has 102 valence electrons. The van der Waals surface area contributed by atoms with Gasteiger partial charge in [0, 0.05) is 35.9 Å². The largest absolute Gasteiger partial charge is 0.304 e. The molecule has 0 saturated carbocycles. The van der Waals surface area contributed by atoms with Gasteiger partial charge in [0.15, 0.2) is 0 Å². The summed E-state index contributed by atoms with van der Waals surface area (Å²) < 4.78 is 1.86. The Hall–Kier alpha value is -1.32. The molecule has 0 aliphatic heterocycles. The molecule has 0 aliphatic rings. The monoisotopic (exact) mass is 277 g/mol. The van der Waals surface area contributed by atoms with Gasteiger partial charge in [-0.1, -0.05) is 23.7 Å². The van der Waals surface area contributed by atoms with E-state index < -0.39 is 0 Å². The summed E-state index contributed by atoms with van der Waals surface area (Å²) in [5.41, 5.74) is 3.55. The fourth-order valence-corrected chi connectivity index (χ4v) is 2.48. The fraction of sp³-hybridized carbons (Fsp3) is 0.400. The topological polar surface area (TPSA) is 29.9 Å². The highest BCUT2D eigenvalue weighted by atomic mass is 35.5. The van der Waals surface area contributed by atoms with Gasteiger partial charge in [0.05, 0.1) is 5.69 Å². The SMILES string of the molecule is Cc1nn(C)cc1C(C)N[C@@H](C)c1ccc(Cl)cc1. The van der Waals surface area contributed by atoms with E-state index in [-0.39, 0.29) is 12.1 Å². The third-order valence-electron chi connectivity index (χ3n) is 3.39. The van der Waals surface area contributed by atoms with Crippen LogP contribution in [0.1, 0.15) is 42.8 Å². The maximum Gasteiger partial charge on any atom is 0.0641 e. The van der Waals surface area contributed by atoms with Crippen molar-refractivity contribution in [2.24, 2.45) is 7.05 Å². The molecule has 1 N–H and O–H groups in total. The molecule has 4 heteroatoms. The average Bonchev–Trinajstić information content (AvgIpc) is 2.69. The summed E-state index contributed by atoms with van der Waals surface area (Å²) in [5, 5.41) is 8.74. The van der Waals surface area contributed by atoms with Gasteiger partial charge in [-0.05, 0) is 38.5 Å². The lowest BCUT2D eigenvalue weighted by Gasteiger charge is -2.20. The summed E-state index contributed by atoms with van der Waals surface area (Å²) in [6.07, 6.45) is 2.07. The third kappa shape index (κ3) is 3.37. The third-order valence-corrected chi connectivity index (χ3v) is 3.64. The van der Waals surface area contributed by atoms with Crippen LogP contribution in [0, 0.1) is 6.92 Å². The molecule has 0 radical (unpaired) electrons. The molecular weight excluding hydrogens is 258 g/mol. The molecule has 2 rings (SSSR count). The minimum Gasteiger partial charge on any atom is -0.304 e. The Labute approximate surface area is 119 Å². The smallest absolute Gasteiger partial charge is 0.0641 e. The van der Waals surface area contributed by atoms with Crippen LogP contribution in [0.3, 0.4) is 0 Å². The lowest BCUT2D eigenvalue weighted by Crippen LogP contribution is -2.22. The normalized spacial score (nSPS) is 14.4. The summed E-state index contributed by atoms with van der Waals surface area (Å²) in [6, 6.07) is 8.50. The molecule has 1 aromatic heterocycles. The van der Waals surface area contributed by atoms with Gasteiger partial charge in [0.2, 0.25) is 0 Å². The van der Waals surface area contributed by atoms with Crippen molar-refractivity contribution in [1.82, 2.24) is 15.1 Å². The molecule has 2 atom stereocenters. The van der Waals surface area contributed by atoms with Gasteiger partial charge in [0.1, 0.15) is 0 Å². The summed E-state index contributed by atoms with van der Waals surface area (Å²) in [5.74, 6) is 0. The van der Waals surface area contributed by atoms with Crippen LogP contribution >= 0.6 is 11.6 Å². The van der Waals surface area contributed by atoms with Gasteiger partial charge in [-0.2, -0.15) is 5.10 Å². The summed E-state index contributed by atoms with van der Waals surface area (Å²) in [6.45, 7) is 6.36. The predicted molar refractivity (Wildman–Crippen MR) is 79.4 cm³/mol. The van der Waals surface area contributed by atoms with Crippen molar-refractivity contribution in [3.8, 4) is 0 Å². The van der Waals surface area contributed by atoms with Gasteiger partial charge in [-0.25, -0.2) is 0 Å². The van der Waals surface area contributed by atoms with Crippen molar-refractivity contribution < 1.29 is 0 Å². The number of benzene rings is 1. The number of hydrogen-bond acceptors (Lipinski definition) is 2. The van der Waals surface area contributed by atoms with Crippen LogP contribution in [-0.2, 0) is 7.05 Å². The van der Waals surface area contributed by atoms with Crippen molar-refractivity contribution >= 4 is 11.6 Å². The van der Waals surface area contributed by atoms with E-state index >= 15 is 0 Å². The van der Waals surface area contributed by atoms with E-state index in [1.165, 1.54) is 11.1 Å². The van der Waals surface area contributed by atoms with Crippen LogP contribution in [0.5, 0.6) is 0 Å². The molecule has 2 aromatic rings. The maximum atomic E-state index is 5.91. The Morgan fingerprint density at radius 3 is 2.32 bits per heavy atom. The number of aryl methyl sites for hydroxylation is 2. The van der Waals surface area contributed by atoms with E-state index in [2.05, 4.69) is 42.6 Å². The second-order valence-corrected chi connectivity index (χ2v) is 5.44. The lowest BCUT2D eigenvalue weighted by molar-refractivity contribution is 0.493. The van der Waals surface area contributed by atoms with Crippen LogP contribution in [0.15, 0.2) is 30.5 Å². The van der Waals surface area contributed by atoms with Crippen LogP contribution in [0.2, 0.25) is 5.02 Å². The second-order valence-electron chi connectivity index (χ2n) is 5.01. The second kappa shape index (κ2) is 5.76. The zero-order valence-corrected chi connectivity index (χ0v) is 12.6. The first-order valence-corrected chi connectivity index (χ1v) is 6.87. The Balaban J connectivity index is 2.08. The van der Waals surface area contributed by atoms with E-state index in [0.29, 0.717) is 0 Å². The summed E-state index contributed by atoms with van der Waals surface area (Å²) in [7, 11) is 1.95. The Morgan fingerprint density at radius 2 is 1.79 bits per heavy atom. The first kappa shape index (κ1) is 14.1. The molecule has 0 bridgehead atoms. The maximum absolute atomic E-state index is 5.91. The van der Waals surface area contributed by atoms with E-state index in [1.807, 2.05) is 30.8 Å². The zero-order chi connectivity index (χ0) is 14.0. The minimum absolute atomic E-state index is 0.263. The van der Waals surface area contributed by atoms with Gasteiger partial charge < -0.3 is 5.32 Å². The van der Waals surface area contributed by atoms with Crippen LogP contribution in [-0.4, -0.2) is 9.78 Å². The fourth-order valence-electron chi connectivity index (χ4n) is 2.36. The van der Waals surface area contributed by atoms with Crippen LogP contribution in [0.25, 0.3) is 0 Å². The summed E-state index contributed by atoms with van der Waals surface area (Å²) in [4.78, 5) is 0. The molecule has 1 aromatic carbocycles. The average molecular weight is 278 g/mol. The first-order chi connectivity index (χ1) is 8.97. The van der Waals surface area contributed by atoms with Gasteiger partial charge >= 0.3 is 0 Å². The van der Waals surface area contributed by atoms with Crippen molar-refractivity contribution in [1.29, 1.82) is 0 Å². The summed E-state index contributed by atoms with van der Waals surface area (Å²) >= 11 is 5.91. The molecule has 0 aliphatic carbocycles. The quantitative estimate of drug-likeness (QED) is 0.921. The number of halogens is 1. The van der Waals surface area contributed by atoms with Gasteiger partial charge in [0.25, 0.3) is 0 Å². The first-order valence-electron chi connectivity index (χ1n) is 6.49. The number of nitrogens with zero attached hydrogens (tertiary/aromatic N) is 2. The molecule has 0 saturated heterocycles. The highest BCUT2D eigenvalue weighted by molar-refractivity contribution is 6.30. The molecule has 0 amide bonds. The Morgan fingerprint density at radius 1 is 1.16 bits per heavy atom. The highest BCUT2D eigenvalue weighted by Gasteiger charge is 2.14. The number of hydrogen-bond donors (Lipinski definition) is 1. The highest BCUT2D eigenvalue weighted by Crippen LogP contribution is 2.22. The van der Waals surface area contributed by atoms with Crippen LogP contribution in [0.4, 0.5) is 0 Å². The van der Waals surface area contributed by atoms with Crippen molar-refractivity contribution in [2.75, 3.05) is 0 Å². The van der Waals surface area contributed by atoms with E-state index in [0.717, 1.165) is 10.7 Å². The number of aromatic nitrogens is 2. The van der Waals surface area contributed by atoms with Crippen LogP contribution < -0.4 is 5.32 Å². The Kier molecular flexibility index (Phi) is 4.27. The molecule has 0 spiro atoms. The van der Waals surface area contributed by atoms with Gasteiger partial charge in [-0.3, -0.25) is 4.68 Å². The van der Waals surface area contributed by atoms with E-state index in [1.54, 1.807) is 0 Å². The number of rotatable bonds is 4. The molecule has 0 fully saturated rings. The standard InChI is InChI=1S/C15H20ClN3/c1-10(13-5-7-14(16)8-6-13)17-11(2)15-9-19(4)18-12(15)3/h5-11,17H,1-4H3/t10-,11?/m0/s1. The lowest BCUT2D eigenvalue weighted by atomic mass is 10.1. The van der Waals surface area contributed by atoms with Crippen molar-refractivity contribution in [2.45, 2.75) is 32.9 Å². The van der Waals surface area contributed by atoms with Gasteiger partial charge in [-0.15, -0.1) is 0 Å². The van der Waals surface area contributed by atoms with E-state index in [4.69, 9.17) is 11.6 Å². The molecule has 1 heterocycles. The molecule has 3 nitrogen and oxygen atoms in total. The molecule has 19 heavy (non-hydrogen) atoms. The molecular formula is C15H20ClN3. The number of nitrogens with one attached hydrogen (secondary N) is 1.